The fourth-order valence-corrected chi connectivity index (χ4v) is 7.20. The summed E-state index contributed by atoms with van der Waals surface area (Å²) in [6.07, 6.45) is 5.98. The molecule has 0 aromatic heterocycles. The molecular formula is C20H20BrClN2O3. The average Bonchev–Trinajstić information content (AvgIpc) is 2.57. The summed E-state index contributed by atoms with van der Waals surface area (Å²) in [6, 6.07) is 6.63. The van der Waals surface area contributed by atoms with E-state index in [2.05, 4.69) is 21.2 Å². The summed E-state index contributed by atoms with van der Waals surface area (Å²) in [7, 11) is 0. The van der Waals surface area contributed by atoms with E-state index in [9.17, 15) is 9.59 Å². The van der Waals surface area contributed by atoms with Gasteiger partial charge in [-0.15, -0.1) is 0 Å². The molecule has 0 radical (unpaired) electrons. The number of anilines is 1. The van der Waals surface area contributed by atoms with Crippen molar-refractivity contribution < 1.29 is 14.3 Å². The van der Waals surface area contributed by atoms with E-state index in [1.54, 1.807) is 6.07 Å². The SMILES string of the molecule is N#Cc1ccc(Cl)cc1NC(=O)COC(=O)C12C[C@@H]3C[C@@H](CC(Br)(C3)C1)C2. The molecule has 4 bridgehead atoms. The molecule has 4 fully saturated rings. The van der Waals surface area contributed by atoms with Crippen LogP contribution in [-0.2, 0) is 14.3 Å². The number of alkyl halides is 1. The van der Waals surface area contributed by atoms with Crippen molar-refractivity contribution in [3.63, 3.8) is 0 Å². The number of nitrogens with zero attached hydrogens (tertiary/aromatic N) is 1. The van der Waals surface area contributed by atoms with Gasteiger partial charge in [-0.05, 0) is 68.6 Å². The lowest BCUT2D eigenvalue weighted by molar-refractivity contribution is -0.170. The van der Waals surface area contributed by atoms with Crippen molar-refractivity contribution in [2.75, 3.05) is 11.9 Å². The van der Waals surface area contributed by atoms with Gasteiger partial charge in [0, 0.05) is 9.35 Å². The first-order chi connectivity index (χ1) is 12.8. The lowest BCUT2D eigenvalue weighted by atomic mass is 9.49. The molecule has 5 rings (SSSR count). The zero-order valence-corrected chi connectivity index (χ0v) is 17.1. The maximum atomic E-state index is 12.9. The van der Waals surface area contributed by atoms with E-state index >= 15 is 0 Å². The predicted octanol–water partition coefficient (Wildman–Crippen LogP) is 4.43. The standard InChI is InChI=1S/C20H20BrClN2O3/c21-20-7-12-3-13(8-20)6-19(5-12,11-20)18(26)27-10-17(25)24-16-4-15(22)2-1-14(16)9-23/h1-2,4,12-13H,3,5-8,10-11H2,(H,24,25)/t12-,13+,19?,20?. The number of ether oxygens (including phenoxy) is 1. The first-order valence-electron chi connectivity index (χ1n) is 9.17. The van der Waals surface area contributed by atoms with Gasteiger partial charge in [-0.25, -0.2) is 0 Å². The van der Waals surface area contributed by atoms with Crippen molar-refractivity contribution in [1.82, 2.24) is 0 Å². The molecule has 2 unspecified atom stereocenters. The van der Waals surface area contributed by atoms with Crippen molar-refractivity contribution in [2.24, 2.45) is 17.3 Å². The van der Waals surface area contributed by atoms with Crippen LogP contribution in [0.25, 0.3) is 0 Å². The Morgan fingerprint density at radius 1 is 1.30 bits per heavy atom. The lowest BCUT2D eigenvalue weighted by Crippen LogP contribution is -2.56. The summed E-state index contributed by atoms with van der Waals surface area (Å²) in [4.78, 5) is 25.1. The second-order valence-corrected chi connectivity index (χ2v) is 10.4. The van der Waals surface area contributed by atoms with Crippen LogP contribution in [0.3, 0.4) is 0 Å². The average molecular weight is 452 g/mol. The van der Waals surface area contributed by atoms with Gasteiger partial charge >= 0.3 is 5.97 Å². The predicted molar refractivity (Wildman–Crippen MR) is 105 cm³/mol. The number of carbonyl (C=O) groups is 2. The molecule has 0 aliphatic heterocycles. The molecule has 4 saturated carbocycles. The number of esters is 1. The normalized spacial score (nSPS) is 33.4. The molecule has 1 aromatic rings. The molecule has 142 valence electrons. The highest BCUT2D eigenvalue weighted by Gasteiger charge is 2.60. The maximum Gasteiger partial charge on any atom is 0.312 e. The summed E-state index contributed by atoms with van der Waals surface area (Å²) in [5.41, 5.74) is 0.170. The minimum atomic E-state index is -0.472. The third kappa shape index (κ3) is 3.60. The lowest BCUT2D eigenvalue weighted by Gasteiger charge is -2.58. The molecule has 1 amide bonds. The van der Waals surface area contributed by atoms with Crippen molar-refractivity contribution in [3.8, 4) is 6.07 Å². The van der Waals surface area contributed by atoms with E-state index in [0.29, 0.717) is 28.1 Å². The molecule has 27 heavy (non-hydrogen) atoms. The zero-order valence-electron chi connectivity index (χ0n) is 14.8. The molecular weight excluding hydrogens is 432 g/mol. The summed E-state index contributed by atoms with van der Waals surface area (Å²) in [5.74, 6) is 0.399. The minimum Gasteiger partial charge on any atom is -0.455 e. The van der Waals surface area contributed by atoms with Crippen molar-refractivity contribution in [3.05, 3.63) is 28.8 Å². The number of carbonyl (C=O) groups excluding carboxylic acids is 2. The van der Waals surface area contributed by atoms with Gasteiger partial charge in [-0.1, -0.05) is 27.5 Å². The smallest absolute Gasteiger partial charge is 0.312 e. The minimum absolute atomic E-state index is 0.0564. The first kappa shape index (κ1) is 18.8. The number of nitrogens with one attached hydrogen (secondary N) is 1. The number of halogens is 2. The molecule has 7 heteroatoms. The number of amides is 1. The summed E-state index contributed by atoms with van der Waals surface area (Å²) < 4.78 is 5.48. The van der Waals surface area contributed by atoms with E-state index in [1.165, 1.54) is 18.6 Å². The van der Waals surface area contributed by atoms with Gasteiger partial charge in [-0.3, -0.25) is 9.59 Å². The van der Waals surface area contributed by atoms with E-state index in [4.69, 9.17) is 21.6 Å². The maximum absolute atomic E-state index is 12.9. The Morgan fingerprint density at radius 3 is 2.63 bits per heavy atom. The van der Waals surface area contributed by atoms with Gasteiger partial charge in [0.25, 0.3) is 5.91 Å². The Kier molecular flexibility index (Phi) is 4.72. The summed E-state index contributed by atoms with van der Waals surface area (Å²) >= 11 is 9.80. The number of benzene rings is 1. The third-order valence-electron chi connectivity index (χ3n) is 6.13. The molecule has 0 spiro atoms. The monoisotopic (exact) mass is 450 g/mol. The Balaban J connectivity index is 1.39. The van der Waals surface area contributed by atoms with Gasteiger partial charge in [0.05, 0.1) is 16.7 Å². The van der Waals surface area contributed by atoms with Gasteiger partial charge in [0.15, 0.2) is 6.61 Å². The molecule has 4 aliphatic carbocycles. The van der Waals surface area contributed by atoms with Gasteiger partial charge in [-0.2, -0.15) is 5.26 Å². The van der Waals surface area contributed by atoms with Crippen LogP contribution in [0.15, 0.2) is 18.2 Å². The zero-order chi connectivity index (χ0) is 19.2. The number of hydrogen-bond acceptors (Lipinski definition) is 4. The highest BCUT2D eigenvalue weighted by Crippen LogP contribution is 2.64. The van der Waals surface area contributed by atoms with Crippen LogP contribution in [0, 0.1) is 28.6 Å². The molecule has 1 aromatic carbocycles. The van der Waals surface area contributed by atoms with Crippen LogP contribution in [-0.4, -0.2) is 22.8 Å². The van der Waals surface area contributed by atoms with Crippen molar-refractivity contribution in [2.45, 2.75) is 42.8 Å². The van der Waals surface area contributed by atoms with Crippen LogP contribution >= 0.6 is 27.5 Å². The van der Waals surface area contributed by atoms with E-state index in [-0.39, 0.29) is 16.9 Å². The Morgan fingerprint density at radius 2 is 2.00 bits per heavy atom. The van der Waals surface area contributed by atoms with Crippen LogP contribution in [0.5, 0.6) is 0 Å². The molecule has 0 heterocycles. The Bertz CT molecular complexity index is 836. The molecule has 4 atom stereocenters. The first-order valence-corrected chi connectivity index (χ1v) is 10.3. The molecule has 1 N–H and O–H groups in total. The van der Waals surface area contributed by atoms with E-state index in [1.807, 2.05) is 6.07 Å². The molecule has 4 aliphatic rings. The van der Waals surface area contributed by atoms with Crippen LogP contribution in [0.1, 0.15) is 44.1 Å². The second-order valence-electron chi connectivity index (χ2n) is 8.32. The van der Waals surface area contributed by atoms with Crippen LogP contribution < -0.4 is 5.32 Å². The highest BCUT2D eigenvalue weighted by atomic mass is 79.9. The number of rotatable bonds is 4. The second kappa shape index (κ2) is 6.79. The fraction of sp³-hybridized carbons (Fsp3) is 0.550. The summed E-state index contributed by atoms with van der Waals surface area (Å²) in [5, 5.41) is 12.1. The number of nitriles is 1. The summed E-state index contributed by atoms with van der Waals surface area (Å²) in [6.45, 7) is -0.359. The quantitative estimate of drug-likeness (QED) is 0.542. The van der Waals surface area contributed by atoms with Crippen molar-refractivity contribution >= 4 is 45.1 Å². The fourth-order valence-electron chi connectivity index (χ4n) is 5.58. The largest absolute Gasteiger partial charge is 0.455 e. The van der Waals surface area contributed by atoms with E-state index in [0.717, 1.165) is 32.1 Å². The topological polar surface area (TPSA) is 79.2 Å². The van der Waals surface area contributed by atoms with Gasteiger partial charge in [0.1, 0.15) is 6.07 Å². The third-order valence-corrected chi connectivity index (χ3v) is 7.30. The van der Waals surface area contributed by atoms with Crippen molar-refractivity contribution in [1.29, 1.82) is 5.26 Å². The van der Waals surface area contributed by atoms with Crippen LogP contribution in [0.2, 0.25) is 5.02 Å². The van der Waals surface area contributed by atoms with Gasteiger partial charge < -0.3 is 10.1 Å². The van der Waals surface area contributed by atoms with Gasteiger partial charge in [0.2, 0.25) is 0 Å². The molecule has 5 nitrogen and oxygen atoms in total. The molecule has 0 saturated heterocycles. The Labute approximate surface area is 171 Å². The number of hydrogen-bond donors (Lipinski definition) is 1. The van der Waals surface area contributed by atoms with Crippen LogP contribution in [0.4, 0.5) is 5.69 Å². The Hall–Kier alpha value is -1.58. The highest BCUT2D eigenvalue weighted by molar-refractivity contribution is 9.10. The van der Waals surface area contributed by atoms with E-state index < -0.39 is 11.3 Å².